The highest BCUT2D eigenvalue weighted by molar-refractivity contribution is 5.96. The van der Waals surface area contributed by atoms with Crippen LogP contribution in [0.2, 0.25) is 0 Å². The number of fused-ring (bicyclic) bond motifs is 1. The largest absolute Gasteiger partial charge is 0.349 e. The number of rotatable bonds is 5. The molecule has 7 nitrogen and oxygen atoms in total. The van der Waals surface area contributed by atoms with Crippen LogP contribution in [0, 0.1) is 24.4 Å². The molecule has 4 aromatic rings. The van der Waals surface area contributed by atoms with Crippen LogP contribution in [-0.4, -0.2) is 31.3 Å². The third kappa shape index (κ3) is 3.64. The highest BCUT2D eigenvalue weighted by Gasteiger charge is 2.26. The number of hydrogen-bond acceptors (Lipinski definition) is 4. The third-order valence-corrected chi connectivity index (χ3v) is 5.89. The smallest absolute Gasteiger partial charge is 0.278 e. The van der Waals surface area contributed by atoms with Crippen LogP contribution in [0.3, 0.4) is 0 Å². The van der Waals surface area contributed by atoms with Gasteiger partial charge in [0.1, 0.15) is 28.5 Å². The number of carbonyl (C=O) groups excluding carboxylic acids is 1. The summed E-state index contributed by atoms with van der Waals surface area (Å²) in [7, 11) is 0. The first-order valence-corrected chi connectivity index (χ1v) is 10.8. The van der Waals surface area contributed by atoms with E-state index in [0.717, 1.165) is 31.0 Å². The second-order valence-corrected chi connectivity index (χ2v) is 8.25. The van der Waals surface area contributed by atoms with E-state index in [0.29, 0.717) is 0 Å². The van der Waals surface area contributed by atoms with E-state index in [1.54, 1.807) is 6.92 Å². The van der Waals surface area contributed by atoms with Gasteiger partial charge in [-0.1, -0.05) is 0 Å². The zero-order chi connectivity index (χ0) is 24.1. The molecular weight excluding hydrogens is 447 g/mol. The maximum Gasteiger partial charge on any atom is 0.278 e. The molecule has 34 heavy (non-hydrogen) atoms. The molecule has 2 aromatic heterocycles. The van der Waals surface area contributed by atoms with E-state index in [-0.39, 0.29) is 51.8 Å². The molecule has 0 spiro atoms. The molecule has 1 amide bonds. The molecule has 1 aliphatic carbocycles. The van der Waals surface area contributed by atoms with Crippen LogP contribution in [-0.2, 0) is 6.54 Å². The normalized spacial score (nSPS) is 13.4. The highest BCUT2D eigenvalue weighted by Crippen LogP contribution is 2.27. The van der Waals surface area contributed by atoms with Crippen LogP contribution < -0.4 is 10.9 Å². The predicted octanol–water partition coefficient (Wildman–Crippen LogP) is 3.89. The summed E-state index contributed by atoms with van der Waals surface area (Å²) in [5, 5.41) is 6.97. The first kappa shape index (κ1) is 21.9. The lowest BCUT2D eigenvalue weighted by Crippen LogP contribution is -2.27. The number of amides is 1. The number of halogens is 3. The molecule has 0 saturated heterocycles. The van der Waals surface area contributed by atoms with E-state index in [9.17, 15) is 22.8 Å². The van der Waals surface area contributed by atoms with E-state index < -0.39 is 28.9 Å². The SMILES string of the molecule is CCn1c(=O)c(-c2cc(C(=O)NC3CC3)cc(F)c2C)nc2cnn(-c3ccc(F)cc3F)c21. The van der Waals surface area contributed by atoms with Gasteiger partial charge >= 0.3 is 0 Å². The number of nitrogens with zero attached hydrogens (tertiary/aromatic N) is 4. The zero-order valence-corrected chi connectivity index (χ0v) is 18.4. The molecule has 0 radical (unpaired) electrons. The number of nitrogens with one attached hydrogen (secondary N) is 1. The first-order chi connectivity index (χ1) is 16.3. The maximum absolute atomic E-state index is 14.8. The van der Waals surface area contributed by atoms with Crippen molar-refractivity contribution in [2.24, 2.45) is 0 Å². The van der Waals surface area contributed by atoms with E-state index in [4.69, 9.17) is 0 Å². The van der Waals surface area contributed by atoms with Crippen molar-refractivity contribution in [1.29, 1.82) is 0 Å². The highest BCUT2D eigenvalue weighted by atomic mass is 19.1. The summed E-state index contributed by atoms with van der Waals surface area (Å²) in [6, 6.07) is 5.72. The van der Waals surface area contributed by atoms with Gasteiger partial charge in [-0.05, 0) is 56.5 Å². The van der Waals surface area contributed by atoms with Crippen LogP contribution in [0.1, 0.15) is 35.7 Å². The van der Waals surface area contributed by atoms with Crippen LogP contribution in [0.5, 0.6) is 0 Å². The van der Waals surface area contributed by atoms with Gasteiger partial charge in [-0.15, -0.1) is 0 Å². The molecule has 0 bridgehead atoms. The average molecular weight is 467 g/mol. The molecule has 10 heteroatoms. The van der Waals surface area contributed by atoms with Crippen molar-refractivity contribution in [3.63, 3.8) is 0 Å². The Morgan fingerprint density at radius 1 is 1.15 bits per heavy atom. The van der Waals surface area contributed by atoms with E-state index in [1.165, 1.54) is 34.5 Å². The second kappa shape index (κ2) is 8.12. The van der Waals surface area contributed by atoms with E-state index in [1.807, 2.05) is 0 Å². The minimum absolute atomic E-state index is 0.0477. The van der Waals surface area contributed by atoms with Gasteiger partial charge in [0.25, 0.3) is 11.5 Å². The van der Waals surface area contributed by atoms with E-state index >= 15 is 0 Å². The fourth-order valence-electron chi connectivity index (χ4n) is 3.91. The lowest BCUT2D eigenvalue weighted by molar-refractivity contribution is 0.0950. The van der Waals surface area contributed by atoms with Crippen LogP contribution >= 0.6 is 0 Å². The van der Waals surface area contributed by atoms with Crippen molar-refractivity contribution in [1.82, 2.24) is 24.6 Å². The molecule has 2 aromatic carbocycles. The van der Waals surface area contributed by atoms with E-state index in [2.05, 4.69) is 15.4 Å². The van der Waals surface area contributed by atoms with Crippen LogP contribution in [0.4, 0.5) is 13.2 Å². The van der Waals surface area contributed by atoms with Gasteiger partial charge in [0, 0.05) is 29.8 Å². The summed E-state index contributed by atoms with van der Waals surface area (Å²) in [6.45, 7) is 3.41. The Hall–Kier alpha value is -3.95. The van der Waals surface area contributed by atoms with Crippen molar-refractivity contribution in [2.45, 2.75) is 39.3 Å². The topological polar surface area (TPSA) is 81.8 Å². The van der Waals surface area contributed by atoms with Crippen molar-refractivity contribution in [2.75, 3.05) is 0 Å². The molecular formula is C24H20F3N5O2. The Morgan fingerprint density at radius 3 is 2.59 bits per heavy atom. The Labute approximate surface area is 191 Å². The van der Waals surface area contributed by atoms with Crippen molar-refractivity contribution in [3.8, 4) is 16.9 Å². The zero-order valence-electron chi connectivity index (χ0n) is 18.4. The Balaban J connectivity index is 1.70. The molecule has 2 heterocycles. The van der Waals surface area contributed by atoms with Gasteiger partial charge < -0.3 is 5.32 Å². The van der Waals surface area contributed by atoms with Crippen LogP contribution in [0.15, 0.2) is 41.3 Å². The standard InChI is InChI=1S/C24H20F3N5O2/c1-3-31-23-19(11-28-32(23)20-7-4-14(25)10-18(20)27)30-21(24(31)34)16-8-13(9-17(26)12(16)2)22(33)29-15-5-6-15/h4,7-11,15H,3,5-6H2,1-2H3,(H,29,33). The molecule has 1 N–H and O–H groups in total. The molecule has 1 aliphatic rings. The molecule has 0 atom stereocenters. The third-order valence-electron chi connectivity index (χ3n) is 5.89. The number of aromatic nitrogens is 4. The monoisotopic (exact) mass is 467 g/mol. The van der Waals surface area contributed by atoms with Gasteiger partial charge in [0.15, 0.2) is 11.5 Å². The quantitative estimate of drug-likeness (QED) is 0.483. The summed E-state index contributed by atoms with van der Waals surface area (Å²) < 4.78 is 45.1. The Bertz CT molecular complexity index is 1520. The summed E-state index contributed by atoms with van der Waals surface area (Å²) >= 11 is 0. The predicted molar refractivity (Wildman–Crippen MR) is 119 cm³/mol. The summed E-state index contributed by atoms with van der Waals surface area (Å²) in [5.41, 5.74) is 0.275. The number of hydrogen-bond donors (Lipinski definition) is 1. The van der Waals surface area contributed by atoms with Crippen molar-refractivity contribution >= 4 is 17.1 Å². The summed E-state index contributed by atoms with van der Waals surface area (Å²) in [5.74, 6) is -2.64. The fraction of sp³-hybridized carbons (Fsp3) is 0.250. The number of carbonyl (C=O) groups is 1. The van der Waals surface area contributed by atoms with Gasteiger partial charge in [0.05, 0.1) is 6.20 Å². The van der Waals surface area contributed by atoms with Crippen molar-refractivity contribution < 1.29 is 18.0 Å². The lowest BCUT2D eigenvalue weighted by atomic mass is 10.0. The number of benzene rings is 2. The summed E-state index contributed by atoms with van der Waals surface area (Å²) in [6.07, 6.45) is 3.11. The molecule has 1 fully saturated rings. The fourth-order valence-corrected chi connectivity index (χ4v) is 3.91. The van der Waals surface area contributed by atoms with Crippen LogP contribution in [0.25, 0.3) is 28.1 Å². The number of aryl methyl sites for hydroxylation is 1. The second-order valence-electron chi connectivity index (χ2n) is 8.25. The molecule has 1 saturated carbocycles. The maximum atomic E-state index is 14.8. The van der Waals surface area contributed by atoms with Gasteiger partial charge in [-0.2, -0.15) is 5.10 Å². The Kier molecular flexibility index (Phi) is 5.22. The minimum atomic E-state index is -0.850. The van der Waals surface area contributed by atoms with Gasteiger partial charge in [-0.3, -0.25) is 14.2 Å². The van der Waals surface area contributed by atoms with Crippen molar-refractivity contribution in [3.05, 3.63) is 75.5 Å². The molecule has 0 unspecified atom stereocenters. The lowest BCUT2D eigenvalue weighted by Gasteiger charge is -2.14. The molecule has 0 aliphatic heterocycles. The van der Waals surface area contributed by atoms with Gasteiger partial charge in [-0.25, -0.2) is 22.8 Å². The van der Waals surface area contributed by atoms with Gasteiger partial charge in [0.2, 0.25) is 0 Å². The minimum Gasteiger partial charge on any atom is -0.349 e. The average Bonchev–Trinajstić information content (AvgIpc) is 3.52. The molecule has 174 valence electrons. The molecule has 5 rings (SSSR count). The Morgan fingerprint density at radius 2 is 1.91 bits per heavy atom. The summed E-state index contributed by atoms with van der Waals surface area (Å²) in [4.78, 5) is 30.4. The first-order valence-electron chi connectivity index (χ1n) is 10.8.